The summed E-state index contributed by atoms with van der Waals surface area (Å²) in [6, 6.07) is 0. The van der Waals surface area contributed by atoms with E-state index in [1.165, 1.54) is 225 Å². The van der Waals surface area contributed by atoms with Crippen molar-refractivity contribution in [3.63, 3.8) is 0 Å². The number of carbonyl (C=O) groups is 3. The average molecular weight is 906 g/mol. The zero-order valence-corrected chi connectivity index (χ0v) is 43.8. The lowest BCUT2D eigenvalue weighted by atomic mass is 9.99. The third kappa shape index (κ3) is 49.8. The second-order valence-corrected chi connectivity index (χ2v) is 20.2. The first-order valence-corrected chi connectivity index (χ1v) is 28.9. The molecule has 0 aliphatic rings. The van der Waals surface area contributed by atoms with Crippen LogP contribution in [0.1, 0.15) is 329 Å². The number of rotatable bonds is 53. The third-order valence-electron chi connectivity index (χ3n) is 13.7. The lowest BCUT2D eigenvalue weighted by Gasteiger charge is -2.18. The minimum Gasteiger partial charge on any atom is -0.462 e. The SMILES string of the molecule is CCCCCCCCCCCCCCCCCC(=O)O[C@H](COC(=O)CCCCCCCCCCC)COC(=O)CCCCCCCCCCCCCCCCCCCCC(C)CC. The molecule has 0 fully saturated rings. The van der Waals surface area contributed by atoms with Gasteiger partial charge in [0.2, 0.25) is 0 Å². The third-order valence-corrected chi connectivity index (χ3v) is 13.7. The molecule has 0 amide bonds. The van der Waals surface area contributed by atoms with E-state index >= 15 is 0 Å². The summed E-state index contributed by atoms with van der Waals surface area (Å²) >= 11 is 0. The smallest absolute Gasteiger partial charge is 0.306 e. The first-order valence-electron chi connectivity index (χ1n) is 28.9. The summed E-state index contributed by atoms with van der Waals surface area (Å²) in [6.45, 7) is 9.09. The molecule has 0 aliphatic heterocycles. The molecule has 0 heterocycles. The Labute approximate surface area is 399 Å². The Morgan fingerprint density at radius 3 is 0.812 bits per heavy atom. The largest absolute Gasteiger partial charge is 0.462 e. The van der Waals surface area contributed by atoms with E-state index in [0.29, 0.717) is 19.3 Å². The summed E-state index contributed by atoms with van der Waals surface area (Å²) in [5.74, 6) is 0.0707. The van der Waals surface area contributed by atoms with Gasteiger partial charge in [0.1, 0.15) is 13.2 Å². The molecule has 2 atom stereocenters. The van der Waals surface area contributed by atoms with E-state index in [9.17, 15) is 14.4 Å². The van der Waals surface area contributed by atoms with E-state index in [-0.39, 0.29) is 31.1 Å². The van der Waals surface area contributed by atoms with Crippen LogP contribution in [0.15, 0.2) is 0 Å². The van der Waals surface area contributed by atoms with Crippen LogP contribution >= 0.6 is 0 Å². The van der Waals surface area contributed by atoms with Gasteiger partial charge in [0, 0.05) is 19.3 Å². The summed E-state index contributed by atoms with van der Waals surface area (Å²) in [6.07, 6.45) is 56.7. The molecule has 64 heavy (non-hydrogen) atoms. The van der Waals surface area contributed by atoms with Crippen molar-refractivity contribution in [2.75, 3.05) is 13.2 Å². The summed E-state index contributed by atoms with van der Waals surface area (Å²) in [7, 11) is 0. The predicted octanol–water partition coefficient (Wildman–Crippen LogP) is 19.0. The van der Waals surface area contributed by atoms with Crippen LogP contribution in [-0.2, 0) is 28.6 Å². The second-order valence-electron chi connectivity index (χ2n) is 20.2. The number of ether oxygens (including phenoxy) is 3. The summed E-state index contributed by atoms with van der Waals surface area (Å²) in [4.78, 5) is 38.0. The molecule has 0 aromatic heterocycles. The van der Waals surface area contributed by atoms with Crippen LogP contribution in [0.2, 0.25) is 0 Å². The highest BCUT2D eigenvalue weighted by molar-refractivity contribution is 5.71. The first kappa shape index (κ1) is 62.4. The van der Waals surface area contributed by atoms with Crippen molar-refractivity contribution in [2.24, 2.45) is 5.92 Å². The van der Waals surface area contributed by atoms with Crippen LogP contribution in [0.25, 0.3) is 0 Å². The maximum absolute atomic E-state index is 12.8. The Kier molecular flexibility index (Phi) is 51.1. The Bertz CT molecular complexity index is 966. The van der Waals surface area contributed by atoms with Crippen LogP contribution in [-0.4, -0.2) is 37.2 Å². The van der Waals surface area contributed by atoms with Gasteiger partial charge >= 0.3 is 17.9 Å². The Morgan fingerprint density at radius 1 is 0.312 bits per heavy atom. The van der Waals surface area contributed by atoms with Crippen LogP contribution < -0.4 is 0 Å². The van der Waals surface area contributed by atoms with Gasteiger partial charge in [0.15, 0.2) is 6.10 Å². The molecule has 0 N–H and O–H groups in total. The molecule has 0 radical (unpaired) electrons. The first-order chi connectivity index (χ1) is 31.4. The Morgan fingerprint density at radius 2 is 0.547 bits per heavy atom. The highest BCUT2D eigenvalue weighted by Gasteiger charge is 2.19. The van der Waals surface area contributed by atoms with Crippen molar-refractivity contribution in [2.45, 2.75) is 336 Å². The molecule has 0 saturated heterocycles. The van der Waals surface area contributed by atoms with E-state index in [1.807, 2.05) is 0 Å². The Balaban J connectivity index is 4.17. The average Bonchev–Trinajstić information content (AvgIpc) is 3.29. The zero-order valence-electron chi connectivity index (χ0n) is 43.8. The van der Waals surface area contributed by atoms with Crippen molar-refractivity contribution in [1.82, 2.24) is 0 Å². The number of esters is 3. The normalized spacial score (nSPS) is 12.4. The lowest BCUT2D eigenvalue weighted by molar-refractivity contribution is -0.167. The number of hydrogen-bond donors (Lipinski definition) is 0. The van der Waals surface area contributed by atoms with Crippen molar-refractivity contribution >= 4 is 17.9 Å². The molecule has 6 nitrogen and oxygen atoms in total. The van der Waals surface area contributed by atoms with E-state index < -0.39 is 6.10 Å². The van der Waals surface area contributed by atoms with Crippen LogP contribution in [0.5, 0.6) is 0 Å². The molecule has 0 saturated carbocycles. The van der Waals surface area contributed by atoms with E-state index in [0.717, 1.165) is 63.7 Å². The van der Waals surface area contributed by atoms with Crippen LogP contribution in [0, 0.1) is 5.92 Å². The molecule has 0 aliphatic carbocycles. The Hall–Kier alpha value is -1.59. The maximum atomic E-state index is 12.8. The monoisotopic (exact) mass is 905 g/mol. The van der Waals surface area contributed by atoms with Gasteiger partial charge in [-0.05, 0) is 25.2 Å². The standard InChI is InChI=1S/C58H112O6/c1-5-8-10-12-14-16-17-18-23-28-31-35-39-43-47-51-58(61)64-55(52-62-56(59)49-45-41-37-32-15-13-11-9-6-2)53-63-57(60)50-46-42-38-34-30-27-25-22-20-19-21-24-26-29-33-36-40-44-48-54(4)7-3/h54-55H,5-53H2,1-4H3/t54?,55-/m1/s1. The number of unbranched alkanes of at least 4 members (excludes halogenated alkanes) is 39. The molecule has 0 spiro atoms. The second kappa shape index (κ2) is 52.4. The fourth-order valence-electron chi connectivity index (χ4n) is 8.89. The van der Waals surface area contributed by atoms with Crippen molar-refractivity contribution in [3.8, 4) is 0 Å². The quantitative estimate of drug-likeness (QED) is 0.0344. The van der Waals surface area contributed by atoms with E-state index in [1.54, 1.807) is 0 Å². The minimum absolute atomic E-state index is 0.0620. The molecule has 0 rings (SSSR count). The fraction of sp³-hybridized carbons (Fsp3) is 0.948. The molecule has 0 aromatic carbocycles. The molecule has 380 valence electrons. The molecular weight excluding hydrogens is 793 g/mol. The van der Waals surface area contributed by atoms with Gasteiger partial charge in [-0.15, -0.1) is 0 Å². The zero-order chi connectivity index (χ0) is 46.7. The van der Waals surface area contributed by atoms with Crippen molar-refractivity contribution in [3.05, 3.63) is 0 Å². The molecule has 0 aromatic rings. The highest BCUT2D eigenvalue weighted by atomic mass is 16.6. The molecule has 1 unspecified atom stereocenters. The summed E-state index contributed by atoms with van der Waals surface area (Å²) in [5.41, 5.74) is 0. The van der Waals surface area contributed by atoms with Gasteiger partial charge in [0.25, 0.3) is 0 Å². The van der Waals surface area contributed by atoms with Gasteiger partial charge < -0.3 is 14.2 Å². The van der Waals surface area contributed by atoms with Gasteiger partial charge in [-0.3, -0.25) is 14.4 Å². The van der Waals surface area contributed by atoms with E-state index in [4.69, 9.17) is 14.2 Å². The fourth-order valence-corrected chi connectivity index (χ4v) is 8.89. The molecule has 0 bridgehead atoms. The highest BCUT2D eigenvalue weighted by Crippen LogP contribution is 2.18. The van der Waals surface area contributed by atoms with Gasteiger partial charge in [-0.1, -0.05) is 291 Å². The van der Waals surface area contributed by atoms with E-state index in [2.05, 4.69) is 27.7 Å². The predicted molar refractivity (Wildman–Crippen MR) is 275 cm³/mol. The molecule has 6 heteroatoms. The number of carbonyl (C=O) groups excluding carboxylic acids is 3. The minimum atomic E-state index is -0.760. The lowest BCUT2D eigenvalue weighted by Crippen LogP contribution is -2.30. The topological polar surface area (TPSA) is 78.9 Å². The van der Waals surface area contributed by atoms with Gasteiger partial charge in [-0.2, -0.15) is 0 Å². The van der Waals surface area contributed by atoms with Crippen molar-refractivity contribution in [1.29, 1.82) is 0 Å². The van der Waals surface area contributed by atoms with Crippen LogP contribution in [0.4, 0.5) is 0 Å². The van der Waals surface area contributed by atoms with Crippen molar-refractivity contribution < 1.29 is 28.6 Å². The summed E-state index contributed by atoms with van der Waals surface area (Å²) in [5, 5.41) is 0. The van der Waals surface area contributed by atoms with Gasteiger partial charge in [0.05, 0.1) is 0 Å². The van der Waals surface area contributed by atoms with Gasteiger partial charge in [-0.25, -0.2) is 0 Å². The van der Waals surface area contributed by atoms with Crippen LogP contribution in [0.3, 0.4) is 0 Å². The summed E-state index contributed by atoms with van der Waals surface area (Å²) < 4.78 is 16.8. The number of hydrogen-bond acceptors (Lipinski definition) is 6. The molecular formula is C58H112O6. The maximum Gasteiger partial charge on any atom is 0.306 e.